The smallest absolute Gasteiger partial charge is 0.335 e. The second kappa shape index (κ2) is 16.1. The number of thioether (sulfide) groups is 2. The molecule has 6 unspecified atom stereocenters. The second-order valence-corrected chi connectivity index (χ2v) is 11.6. The standard InChI is InChI=1S/C28H36O8S2/c29-22(35-28-25(32)23(30)24(31)26(36-28)27(33)34)14-8-7-13-21(38-18-20-11-5-2-6-12-20)15-16-37-17-19-9-3-1-4-10-19/h1-6,9-12,21,23-26,28,30-32H,7-8,13-18H2,(H,33,34). The van der Waals surface area contributed by atoms with Gasteiger partial charge < -0.3 is 29.9 Å². The second-order valence-electron chi connectivity index (χ2n) is 9.22. The quantitative estimate of drug-likeness (QED) is 0.188. The molecule has 0 amide bonds. The topological polar surface area (TPSA) is 134 Å². The number of hydrogen-bond acceptors (Lipinski definition) is 9. The number of hydrogen-bond donors (Lipinski definition) is 4. The molecular formula is C28H36O8S2. The Balaban J connectivity index is 1.42. The summed E-state index contributed by atoms with van der Waals surface area (Å²) in [5, 5.41) is 39.2. The highest BCUT2D eigenvalue weighted by Gasteiger charge is 2.48. The number of carbonyl (C=O) groups is 2. The van der Waals surface area contributed by atoms with Gasteiger partial charge >= 0.3 is 11.9 Å². The molecule has 0 bridgehead atoms. The van der Waals surface area contributed by atoms with Crippen LogP contribution in [0.2, 0.25) is 0 Å². The van der Waals surface area contributed by atoms with Crippen molar-refractivity contribution in [1.82, 2.24) is 0 Å². The molecule has 0 spiro atoms. The summed E-state index contributed by atoms with van der Waals surface area (Å²) in [4.78, 5) is 23.5. The minimum absolute atomic E-state index is 0.0712. The highest BCUT2D eigenvalue weighted by molar-refractivity contribution is 7.99. The fraction of sp³-hybridized carbons (Fsp3) is 0.500. The first-order valence-electron chi connectivity index (χ1n) is 12.7. The zero-order valence-corrected chi connectivity index (χ0v) is 22.8. The molecule has 2 aromatic rings. The number of carbonyl (C=O) groups excluding carboxylic acids is 1. The van der Waals surface area contributed by atoms with E-state index in [2.05, 4.69) is 36.4 Å². The Morgan fingerprint density at radius 1 is 0.842 bits per heavy atom. The molecule has 1 aliphatic rings. The molecule has 208 valence electrons. The Morgan fingerprint density at radius 3 is 2.11 bits per heavy atom. The van der Waals surface area contributed by atoms with Crippen molar-refractivity contribution in [3.63, 3.8) is 0 Å². The van der Waals surface area contributed by atoms with E-state index in [4.69, 9.17) is 14.6 Å². The molecular weight excluding hydrogens is 528 g/mol. The lowest BCUT2D eigenvalue weighted by atomic mass is 9.99. The van der Waals surface area contributed by atoms with Crippen LogP contribution >= 0.6 is 23.5 Å². The summed E-state index contributed by atoms with van der Waals surface area (Å²) in [6.07, 6.45) is -5.39. The lowest BCUT2D eigenvalue weighted by Crippen LogP contribution is -2.60. The van der Waals surface area contributed by atoms with E-state index in [1.165, 1.54) is 11.1 Å². The molecule has 1 aliphatic heterocycles. The molecule has 1 heterocycles. The Labute approximate surface area is 231 Å². The van der Waals surface area contributed by atoms with E-state index in [9.17, 15) is 24.9 Å². The number of unbranched alkanes of at least 4 members (excludes halogenated alkanes) is 1. The SMILES string of the molecule is O=C(CCCCC(CCSCc1ccccc1)SCc1ccccc1)OC1OC(C(=O)O)C(O)C(O)C1O. The monoisotopic (exact) mass is 564 g/mol. The molecule has 3 rings (SSSR count). The number of aliphatic hydroxyl groups is 3. The first kappa shape index (κ1) is 30.5. The fourth-order valence-corrected chi connectivity index (χ4v) is 6.47. The minimum atomic E-state index is -1.83. The van der Waals surface area contributed by atoms with Crippen molar-refractivity contribution in [2.75, 3.05) is 5.75 Å². The summed E-state index contributed by atoms with van der Waals surface area (Å²) in [6, 6.07) is 20.7. The van der Waals surface area contributed by atoms with E-state index in [-0.39, 0.29) is 6.42 Å². The number of aliphatic hydroxyl groups excluding tert-OH is 3. The van der Waals surface area contributed by atoms with Gasteiger partial charge in [-0.15, -0.1) is 0 Å². The van der Waals surface area contributed by atoms with Crippen molar-refractivity contribution in [1.29, 1.82) is 0 Å². The summed E-state index contributed by atoms with van der Waals surface area (Å²) in [5.41, 5.74) is 2.59. The summed E-state index contributed by atoms with van der Waals surface area (Å²) >= 11 is 3.84. The third kappa shape index (κ3) is 9.91. The predicted octanol–water partition coefficient (Wildman–Crippen LogP) is 3.61. The highest BCUT2D eigenvalue weighted by Crippen LogP contribution is 2.28. The molecule has 8 nitrogen and oxygen atoms in total. The van der Waals surface area contributed by atoms with E-state index in [1.807, 2.05) is 47.8 Å². The normalized spacial score (nSPS) is 24.0. The van der Waals surface area contributed by atoms with Gasteiger partial charge in [0.2, 0.25) is 6.29 Å². The van der Waals surface area contributed by atoms with Crippen molar-refractivity contribution in [3.8, 4) is 0 Å². The summed E-state index contributed by atoms with van der Waals surface area (Å²) in [7, 11) is 0. The van der Waals surface area contributed by atoms with Crippen molar-refractivity contribution >= 4 is 35.5 Å². The Hall–Kier alpha value is -2.08. The number of benzene rings is 2. The molecule has 10 heteroatoms. The molecule has 0 aliphatic carbocycles. The van der Waals surface area contributed by atoms with Gasteiger partial charge in [-0.05, 0) is 36.1 Å². The average molecular weight is 565 g/mol. The summed E-state index contributed by atoms with van der Waals surface area (Å²) in [6.45, 7) is 0. The largest absolute Gasteiger partial charge is 0.479 e. The first-order valence-corrected chi connectivity index (χ1v) is 14.9. The number of esters is 1. The fourth-order valence-electron chi connectivity index (χ4n) is 4.06. The van der Waals surface area contributed by atoms with E-state index in [0.717, 1.165) is 36.5 Å². The number of ether oxygens (including phenoxy) is 2. The molecule has 0 radical (unpaired) electrons. The van der Waals surface area contributed by atoms with Gasteiger partial charge in [-0.2, -0.15) is 23.5 Å². The van der Waals surface area contributed by atoms with Gasteiger partial charge in [0.1, 0.15) is 18.3 Å². The third-order valence-electron chi connectivity index (χ3n) is 6.24. The van der Waals surface area contributed by atoms with Crippen molar-refractivity contribution < 1.29 is 39.5 Å². The lowest BCUT2D eigenvalue weighted by molar-refractivity contribution is -0.286. The zero-order chi connectivity index (χ0) is 27.3. The summed E-state index contributed by atoms with van der Waals surface area (Å²) in [5.74, 6) is 0.761. The van der Waals surface area contributed by atoms with E-state index < -0.39 is 42.6 Å². The Morgan fingerprint density at radius 2 is 1.47 bits per heavy atom. The van der Waals surface area contributed by atoms with E-state index in [0.29, 0.717) is 11.7 Å². The molecule has 0 saturated carbocycles. The summed E-state index contributed by atoms with van der Waals surface area (Å²) < 4.78 is 10.1. The average Bonchev–Trinajstić information content (AvgIpc) is 2.92. The van der Waals surface area contributed by atoms with Gasteiger partial charge in [0.15, 0.2) is 6.10 Å². The zero-order valence-electron chi connectivity index (χ0n) is 21.1. The van der Waals surface area contributed by atoms with Crippen molar-refractivity contribution in [3.05, 3.63) is 71.8 Å². The van der Waals surface area contributed by atoms with Gasteiger partial charge in [0, 0.05) is 23.2 Å². The van der Waals surface area contributed by atoms with Gasteiger partial charge in [0.05, 0.1) is 0 Å². The van der Waals surface area contributed by atoms with Crippen molar-refractivity contribution in [2.24, 2.45) is 0 Å². The van der Waals surface area contributed by atoms with Crippen LogP contribution in [0.5, 0.6) is 0 Å². The number of carboxylic acids is 1. The van der Waals surface area contributed by atoms with Crippen LogP contribution in [0, 0.1) is 0 Å². The highest BCUT2D eigenvalue weighted by atomic mass is 32.2. The maximum atomic E-state index is 12.3. The van der Waals surface area contributed by atoms with Crippen LogP contribution in [0.15, 0.2) is 60.7 Å². The predicted molar refractivity (Wildman–Crippen MR) is 148 cm³/mol. The maximum absolute atomic E-state index is 12.3. The van der Waals surface area contributed by atoms with Gasteiger partial charge in [-0.1, -0.05) is 67.1 Å². The minimum Gasteiger partial charge on any atom is -0.479 e. The van der Waals surface area contributed by atoms with Crippen molar-refractivity contribution in [2.45, 2.75) is 79.6 Å². The maximum Gasteiger partial charge on any atom is 0.335 e. The van der Waals surface area contributed by atoms with E-state index >= 15 is 0 Å². The molecule has 6 atom stereocenters. The molecule has 38 heavy (non-hydrogen) atoms. The lowest BCUT2D eigenvalue weighted by Gasteiger charge is -2.37. The van der Waals surface area contributed by atoms with Crippen LogP contribution < -0.4 is 0 Å². The van der Waals surface area contributed by atoms with Gasteiger partial charge in [-0.3, -0.25) is 4.79 Å². The number of aliphatic carboxylic acids is 1. The van der Waals surface area contributed by atoms with Gasteiger partial charge in [0.25, 0.3) is 0 Å². The van der Waals surface area contributed by atoms with Crippen LogP contribution in [-0.4, -0.2) is 74.1 Å². The number of carboxylic acid groups (broad SMARTS) is 1. The van der Waals surface area contributed by atoms with Crippen LogP contribution in [-0.2, 0) is 30.6 Å². The van der Waals surface area contributed by atoms with Crippen LogP contribution in [0.3, 0.4) is 0 Å². The molecule has 1 fully saturated rings. The Kier molecular flexibility index (Phi) is 12.9. The molecule has 4 N–H and O–H groups in total. The third-order valence-corrected chi connectivity index (χ3v) is 8.75. The molecule has 1 saturated heterocycles. The molecule has 0 aromatic heterocycles. The van der Waals surface area contributed by atoms with Gasteiger partial charge in [-0.25, -0.2) is 4.79 Å². The van der Waals surface area contributed by atoms with Crippen LogP contribution in [0.1, 0.15) is 43.2 Å². The van der Waals surface area contributed by atoms with Crippen LogP contribution in [0.4, 0.5) is 0 Å². The molecule has 2 aromatic carbocycles. The first-order chi connectivity index (χ1) is 18.3. The van der Waals surface area contributed by atoms with Crippen LogP contribution in [0.25, 0.3) is 0 Å². The number of rotatable bonds is 15. The van der Waals surface area contributed by atoms with E-state index in [1.54, 1.807) is 0 Å². The Bertz CT molecular complexity index is 977.